The lowest BCUT2D eigenvalue weighted by molar-refractivity contribution is -0.145. The molecule has 1 fully saturated rings. The van der Waals surface area contributed by atoms with E-state index in [1.807, 2.05) is 0 Å². The second-order valence-electron chi connectivity index (χ2n) is 11.4. The van der Waals surface area contributed by atoms with Crippen LogP contribution in [0.1, 0.15) is 71.1 Å². The van der Waals surface area contributed by atoms with Crippen molar-refractivity contribution in [3.05, 3.63) is 0 Å². The standard InChI is InChI=1S/C35H69NO12/c1-2-3-4-5-6-7-8-9-35(37)48-33-31-46-29-27-44-25-23-42-21-19-40-17-15-38-14-16-39-18-20-41-22-24-43-26-28-45-30-32-47-34-10-12-36-13-11-34/h34,36H,2-33H2,1H3. The molecular weight excluding hydrogens is 626 g/mol. The number of ether oxygens (including phenoxy) is 11. The van der Waals surface area contributed by atoms with Crippen LogP contribution in [-0.2, 0) is 56.9 Å². The topological polar surface area (TPSA) is 131 Å². The first-order chi connectivity index (χ1) is 23.8. The number of unbranched alkanes of at least 4 members (excludes halogenated alkanes) is 6. The zero-order chi connectivity index (χ0) is 34.3. The smallest absolute Gasteiger partial charge is 0.305 e. The van der Waals surface area contributed by atoms with E-state index in [-0.39, 0.29) is 12.6 Å². The quantitative estimate of drug-likeness (QED) is 0.0744. The van der Waals surface area contributed by atoms with Crippen molar-refractivity contribution >= 4 is 5.97 Å². The van der Waals surface area contributed by atoms with Gasteiger partial charge in [-0.1, -0.05) is 45.4 Å². The van der Waals surface area contributed by atoms with Crippen molar-refractivity contribution < 1.29 is 56.9 Å². The van der Waals surface area contributed by atoms with Gasteiger partial charge in [0.2, 0.25) is 0 Å². The average molecular weight is 696 g/mol. The summed E-state index contributed by atoms with van der Waals surface area (Å²) in [6.45, 7) is 14.4. The number of nitrogens with one attached hydrogen (secondary N) is 1. The van der Waals surface area contributed by atoms with Crippen LogP contribution in [0, 0.1) is 0 Å². The van der Waals surface area contributed by atoms with Crippen LogP contribution in [-0.4, -0.2) is 157 Å². The molecule has 1 saturated heterocycles. The Hall–Kier alpha value is -0.970. The summed E-state index contributed by atoms with van der Waals surface area (Å²) < 4.78 is 60.4. The summed E-state index contributed by atoms with van der Waals surface area (Å²) in [5.74, 6) is -0.138. The molecule has 0 saturated carbocycles. The van der Waals surface area contributed by atoms with Crippen LogP contribution >= 0.6 is 0 Å². The molecule has 1 N–H and O–H groups in total. The van der Waals surface area contributed by atoms with Gasteiger partial charge in [-0.05, 0) is 32.4 Å². The van der Waals surface area contributed by atoms with Gasteiger partial charge in [0.15, 0.2) is 0 Å². The maximum atomic E-state index is 11.7. The lowest BCUT2D eigenvalue weighted by Crippen LogP contribution is -2.33. The largest absolute Gasteiger partial charge is 0.463 e. The van der Waals surface area contributed by atoms with E-state index in [2.05, 4.69) is 12.2 Å². The summed E-state index contributed by atoms with van der Waals surface area (Å²) in [5.41, 5.74) is 0. The monoisotopic (exact) mass is 695 g/mol. The Bertz CT molecular complexity index is 643. The molecular formula is C35H69NO12. The molecule has 1 aliphatic rings. The highest BCUT2D eigenvalue weighted by Crippen LogP contribution is 2.09. The third kappa shape index (κ3) is 34.9. The molecule has 0 unspecified atom stereocenters. The summed E-state index contributed by atoms with van der Waals surface area (Å²) in [6, 6.07) is 0. The molecule has 0 amide bonds. The highest BCUT2D eigenvalue weighted by Gasteiger charge is 2.12. The molecule has 0 aliphatic carbocycles. The van der Waals surface area contributed by atoms with Crippen LogP contribution in [0.15, 0.2) is 0 Å². The van der Waals surface area contributed by atoms with Gasteiger partial charge in [-0.15, -0.1) is 0 Å². The fourth-order valence-corrected chi connectivity index (χ4v) is 4.61. The zero-order valence-corrected chi connectivity index (χ0v) is 30.1. The van der Waals surface area contributed by atoms with E-state index in [0.29, 0.717) is 138 Å². The van der Waals surface area contributed by atoms with Crippen LogP contribution < -0.4 is 5.32 Å². The third-order valence-corrected chi connectivity index (χ3v) is 7.32. The molecule has 13 nitrogen and oxygen atoms in total. The van der Waals surface area contributed by atoms with Crippen molar-refractivity contribution in [2.75, 3.05) is 145 Å². The molecule has 0 aromatic carbocycles. The summed E-state index contributed by atoms with van der Waals surface area (Å²) in [5, 5.41) is 3.33. The van der Waals surface area contributed by atoms with Gasteiger partial charge in [-0.3, -0.25) is 4.79 Å². The van der Waals surface area contributed by atoms with E-state index in [1.54, 1.807) is 0 Å². The van der Waals surface area contributed by atoms with Crippen LogP contribution in [0.4, 0.5) is 0 Å². The summed E-state index contributed by atoms with van der Waals surface area (Å²) in [7, 11) is 0. The average Bonchev–Trinajstić information content (AvgIpc) is 3.10. The maximum Gasteiger partial charge on any atom is 0.305 e. The highest BCUT2D eigenvalue weighted by atomic mass is 16.6. The number of hydrogen-bond acceptors (Lipinski definition) is 13. The Balaban J connectivity index is 1.62. The van der Waals surface area contributed by atoms with Crippen molar-refractivity contribution in [2.45, 2.75) is 77.2 Å². The second-order valence-corrected chi connectivity index (χ2v) is 11.4. The Morgan fingerprint density at radius 1 is 0.458 bits per heavy atom. The molecule has 0 aromatic heterocycles. The summed E-state index contributed by atoms with van der Waals surface area (Å²) in [6.07, 6.45) is 11.3. The van der Waals surface area contributed by atoms with Crippen LogP contribution in [0.2, 0.25) is 0 Å². The molecule has 286 valence electrons. The molecule has 13 heteroatoms. The van der Waals surface area contributed by atoms with Gasteiger partial charge in [0, 0.05) is 6.42 Å². The second kappa shape index (κ2) is 38.8. The fraction of sp³-hybridized carbons (Fsp3) is 0.971. The van der Waals surface area contributed by atoms with E-state index in [0.717, 1.165) is 38.8 Å². The highest BCUT2D eigenvalue weighted by molar-refractivity contribution is 5.69. The van der Waals surface area contributed by atoms with E-state index < -0.39 is 0 Å². The van der Waals surface area contributed by atoms with Crippen molar-refractivity contribution in [1.29, 1.82) is 0 Å². The number of rotatable bonds is 39. The normalized spacial score (nSPS) is 13.8. The minimum atomic E-state index is -0.138. The van der Waals surface area contributed by atoms with Crippen molar-refractivity contribution in [1.82, 2.24) is 5.32 Å². The molecule has 0 aromatic rings. The minimum Gasteiger partial charge on any atom is -0.463 e. The number of piperidine rings is 1. The Morgan fingerprint density at radius 2 is 0.792 bits per heavy atom. The lowest BCUT2D eigenvalue weighted by atomic mass is 10.1. The molecule has 1 aliphatic heterocycles. The predicted octanol–water partition coefficient (Wildman–Crippen LogP) is 3.59. The van der Waals surface area contributed by atoms with Gasteiger partial charge in [-0.25, -0.2) is 0 Å². The van der Waals surface area contributed by atoms with Gasteiger partial charge in [-0.2, -0.15) is 0 Å². The van der Waals surface area contributed by atoms with Gasteiger partial charge in [0.1, 0.15) is 6.61 Å². The molecule has 0 spiro atoms. The van der Waals surface area contributed by atoms with Crippen molar-refractivity contribution in [2.24, 2.45) is 0 Å². The summed E-state index contributed by atoms with van der Waals surface area (Å²) in [4.78, 5) is 11.7. The SMILES string of the molecule is CCCCCCCCCC(=O)OCCOCCOCCOCCOCCOCCOCCOCCOCCOCCOC1CCNCC1. The van der Waals surface area contributed by atoms with Gasteiger partial charge < -0.3 is 57.4 Å². The maximum absolute atomic E-state index is 11.7. The lowest BCUT2D eigenvalue weighted by Gasteiger charge is -2.22. The van der Waals surface area contributed by atoms with Gasteiger partial charge in [0.25, 0.3) is 0 Å². The van der Waals surface area contributed by atoms with E-state index in [9.17, 15) is 4.79 Å². The first kappa shape index (κ1) is 45.1. The van der Waals surface area contributed by atoms with Crippen molar-refractivity contribution in [3.8, 4) is 0 Å². The van der Waals surface area contributed by atoms with Crippen LogP contribution in [0.5, 0.6) is 0 Å². The van der Waals surface area contributed by atoms with E-state index in [1.165, 1.54) is 32.1 Å². The van der Waals surface area contributed by atoms with Crippen LogP contribution in [0.3, 0.4) is 0 Å². The predicted molar refractivity (Wildman–Crippen MR) is 183 cm³/mol. The minimum absolute atomic E-state index is 0.138. The summed E-state index contributed by atoms with van der Waals surface area (Å²) >= 11 is 0. The number of esters is 1. The number of carbonyl (C=O) groups is 1. The molecule has 0 atom stereocenters. The Kier molecular flexibility index (Phi) is 36.4. The first-order valence-corrected chi connectivity index (χ1v) is 18.5. The molecule has 1 rings (SSSR count). The number of hydrogen-bond donors (Lipinski definition) is 1. The third-order valence-electron chi connectivity index (χ3n) is 7.32. The first-order valence-electron chi connectivity index (χ1n) is 18.5. The zero-order valence-electron chi connectivity index (χ0n) is 30.1. The molecule has 48 heavy (non-hydrogen) atoms. The van der Waals surface area contributed by atoms with E-state index in [4.69, 9.17) is 52.1 Å². The van der Waals surface area contributed by atoms with Gasteiger partial charge >= 0.3 is 5.97 Å². The molecule has 0 radical (unpaired) electrons. The van der Waals surface area contributed by atoms with Gasteiger partial charge in [0.05, 0.1) is 132 Å². The Labute approximate surface area is 290 Å². The van der Waals surface area contributed by atoms with Crippen LogP contribution in [0.25, 0.3) is 0 Å². The Morgan fingerprint density at radius 3 is 1.19 bits per heavy atom. The molecule has 0 bridgehead atoms. The fourth-order valence-electron chi connectivity index (χ4n) is 4.61. The number of carbonyl (C=O) groups excluding carboxylic acids is 1. The van der Waals surface area contributed by atoms with E-state index >= 15 is 0 Å². The molecule has 1 heterocycles. The van der Waals surface area contributed by atoms with Crippen molar-refractivity contribution in [3.63, 3.8) is 0 Å².